The zero-order chi connectivity index (χ0) is 9.14. The molecule has 0 aromatic rings. The highest BCUT2D eigenvalue weighted by Gasteiger charge is 2.42. The van der Waals surface area contributed by atoms with Crippen LogP contribution in [0.3, 0.4) is 0 Å². The summed E-state index contributed by atoms with van der Waals surface area (Å²) in [5, 5.41) is 27.0. The van der Waals surface area contributed by atoms with Crippen LogP contribution in [0.2, 0.25) is 0 Å². The van der Waals surface area contributed by atoms with Gasteiger partial charge in [-0.1, -0.05) is 0 Å². The van der Waals surface area contributed by atoms with Gasteiger partial charge in [0.05, 0.1) is 25.2 Å². The zero-order valence-corrected chi connectivity index (χ0v) is 6.88. The third kappa shape index (κ3) is 1.60. The maximum Gasteiger partial charge on any atom is 0.165 e. The number of hydrogen-bond donors (Lipinski definition) is 3. The van der Waals surface area contributed by atoms with E-state index in [0.29, 0.717) is 0 Å². The molecule has 0 spiro atoms. The van der Waals surface area contributed by atoms with Gasteiger partial charge >= 0.3 is 0 Å². The van der Waals surface area contributed by atoms with E-state index < -0.39 is 24.4 Å². The van der Waals surface area contributed by atoms with Crippen LogP contribution in [0.4, 0.5) is 0 Å². The first-order valence-electron chi connectivity index (χ1n) is 3.82. The Labute approximate surface area is 70.5 Å². The molecule has 1 fully saturated rings. The molecule has 1 heterocycles. The second-order valence-corrected chi connectivity index (χ2v) is 2.80. The van der Waals surface area contributed by atoms with Crippen LogP contribution in [0, 0.1) is 5.92 Å². The molecule has 1 aliphatic heterocycles. The average Bonchev–Trinajstić information content (AvgIpc) is 2.41. The first-order chi connectivity index (χ1) is 5.74. The van der Waals surface area contributed by atoms with Crippen molar-refractivity contribution in [1.29, 1.82) is 0 Å². The lowest BCUT2D eigenvalue weighted by atomic mass is 10.0. The summed E-state index contributed by atoms with van der Waals surface area (Å²) in [6.07, 6.45) is -2.13. The lowest BCUT2D eigenvalue weighted by Gasteiger charge is -2.15. The Balaban J connectivity index is 2.58. The number of ether oxygens (including phenoxy) is 2. The summed E-state index contributed by atoms with van der Waals surface area (Å²) in [6, 6.07) is 0. The van der Waals surface area contributed by atoms with Gasteiger partial charge in [0.2, 0.25) is 0 Å². The molecule has 0 unspecified atom stereocenters. The van der Waals surface area contributed by atoms with E-state index in [2.05, 4.69) is 0 Å². The van der Waals surface area contributed by atoms with Gasteiger partial charge in [-0.3, -0.25) is 0 Å². The first-order valence-corrected chi connectivity index (χ1v) is 3.82. The lowest BCUT2D eigenvalue weighted by molar-refractivity contribution is -0.142. The number of methoxy groups -OCH3 is 1. The molecule has 5 heteroatoms. The van der Waals surface area contributed by atoms with Crippen molar-refractivity contribution in [2.24, 2.45) is 5.92 Å². The van der Waals surface area contributed by atoms with E-state index in [-0.39, 0.29) is 13.2 Å². The molecule has 0 aliphatic carbocycles. The van der Waals surface area contributed by atoms with E-state index in [4.69, 9.17) is 19.7 Å². The Hall–Kier alpha value is -0.200. The highest BCUT2D eigenvalue weighted by molar-refractivity contribution is 4.85. The lowest BCUT2D eigenvalue weighted by Crippen LogP contribution is -2.32. The van der Waals surface area contributed by atoms with Gasteiger partial charge < -0.3 is 24.8 Å². The Morgan fingerprint density at radius 1 is 1.33 bits per heavy atom. The average molecular weight is 178 g/mol. The molecule has 5 nitrogen and oxygen atoms in total. The molecule has 1 aliphatic rings. The molecule has 0 aromatic carbocycles. The van der Waals surface area contributed by atoms with Crippen LogP contribution in [-0.4, -0.2) is 54.1 Å². The Morgan fingerprint density at radius 2 is 2.00 bits per heavy atom. The topological polar surface area (TPSA) is 79.2 Å². The third-order valence-corrected chi connectivity index (χ3v) is 2.10. The highest BCUT2D eigenvalue weighted by Crippen LogP contribution is 2.26. The predicted octanol–water partition coefficient (Wildman–Crippen LogP) is -1.68. The van der Waals surface area contributed by atoms with Crippen molar-refractivity contribution in [1.82, 2.24) is 0 Å². The van der Waals surface area contributed by atoms with Crippen LogP contribution >= 0.6 is 0 Å². The van der Waals surface area contributed by atoms with Gasteiger partial charge in [-0.05, 0) is 0 Å². The van der Waals surface area contributed by atoms with Crippen molar-refractivity contribution in [3.63, 3.8) is 0 Å². The highest BCUT2D eigenvalue weighted by atomic mass is 16.7. The number of rotatable bonds is 3. The molecule has 0 bridgehead atoms. The summed E-state index contributed by atoms with van der Waals surface area (Å²) in [5.41, 5.74) is 0. The third-order valence-electron chi connectivity index (χ3n) is 2.10. The summed E-state index contributed by atoms with van der Waals surface area (Å²) in [6.45, 7) is -0.478. The number of aliphatic hydroxyl groups excluding tert-OH is 3. The van der Waals surface area contributed by atoms with Gasteiger partial charge in [0.1, 0.15) is 6.10 Å². The van der Waals surface area contributed by atoms with E-state index in [1.165, 1.54) is 7.11 Å². The van der Waals surface area contributed by atoms with Crippen LogP contribution < -0.4 is 0 Å². The van der Waals surface area contributed by atoms with Gasteiger partial charge in [-0.15, -0.1) is 0 Å². The molecule has 12 heavy (non-hydrogen) atoms. The van der Waals surface area contributed by atoms with Gasteiger partial charge in [-0.2, -0.15) is 0 Å². The molecule has 1 rings (SSSR count). The Morgan fingerprint density at radius 3 is 2.33 bits per heavy atom. The van der Waals surface area contributed by atoms with E-state index >= 15 is 0 Å². The molecule has 0 saturated carbocycles. The minimum absolute atomic E-state index is 0.212. The molecule has 0 amide bonds. The van der Waals surface area contributed by atoms with Crippen LogP contribution in [0.25, 0.3) is 0 Å². The molecular formula is C7H14O5. The molecular weight excluding hydrogens is 164 g/mol. The quantitative estimate of drug-likeness (QED) is 0.481. The molecule has 3 N–H and O–H groups in total. The van der Waals surface area contributed by atoms with E-state index in [1.807, 2.05) is 0 Å². The maximum absolute atomic E-state index is 9.43. The van der Waals surface area contributed by atoms with Gasteiger partial charge in [0.15, 0.2) is 6.29 Å². The van der Waals surface area contributed by atoms with Crippen LogP contribution in [0.15, 0.2) is 0 Å². The summed E-state index contributed by atoms with van der Waals surface area (Å²) >= 11 is 0. The van der Waals surface area contributed by atoms with Gasteiger partial charge in [-0.25, -0.2) is 0 Å². The van der Waals surface area contributed by atoms with Crippen LogP contribution in [-0.2, 0) is 9.47 Å². The van der Waals surface area contributed by atoms with Crippen molar-refractivity contribution in [3.05, 3.63) is 0 Å². The second kappa shape index (κ2) is 4.15. The van der Waals surface area contributed by atoms with Crippen molar-refractivity contribution >= 4 is 0 Å². The molecule has 1 saturated heterocycles. The first kappa shape index (κ1) is 9.88. The van der Waals surface area contributed by atoms with E-state index in [1.54, 1.807) is 0 Å². The monoisotopic (exact) mass is 178 g/mol. The summed E-state index contributed by atoms with van der Waals surface area (Å²) in [5.74, 6) is -0.466. The number of hydrogen-bond acceptors (Lipinski definition) is 5. The molecule has 72 valence electrons. The molecule has 0 radical (unpaired) electrons. The molecule has 4 atom stereocenters. The normalized spacial score (nSPS) is 42.0. The minimum Gasteiger partial charge on any atom is -0.396 e. The number of aliphatic hydroxyl groups is 3. The smallest absolute Gasteiger partial charge is 0.165 e. The predicted molar refractivity (Wildman–Crippen MR) is 39.3 cm³/mol. The maximum atomic E-state index is 9.43. The summed E-state index contributed by atoms with van der Waals surface area (Å²) < 4.78 is 9.96. The fourth-order valence-corrected chi connectivity index (χ4v) is 1.37. The van der Waals surface area contributed by atoms with Crippen molar-refractivity contribution in [3.8, 4) is 0 Å². The van der Waals surface area contributed by atoms with Crippen molar-refractivity contribution in [2.45, 2.75) is 18.5 Å². The SMILES string of the molecule is CO[C@H]1O[C@H](CO)[C@@H](O)[C@H]1CO. The van der Waals surface area contributed by atoms with Crippen molar-refractivity contribution < 1.29 is 24.8 Å². The van der Waals surface area contributed by atoms with Gasteiger partial charge in [0.25, 0.3) is 0 Å². The van der Waals surface area contributed by atoms with Gasteiger partial charge in [0, 0.05) is 7.11 Å². The van der Waals surface area contributed by atoms with Crippen LogP contribution in [0.1, 0.15) is 0 Å². The zero-order valence-electron chi connectivity index (χ0n) is 6.88. The second-order valence-electron chi connectivity index (χ2n) is 2.80. The minimum atomic E-state index is -0.857. The van der Waals surface area contributed by atoms with Crippen LogP contribution in [0.5, 0.6) is 0 Å². The Bertz CT molecular complexity index is 138. The summed E-state index contributed by atoms with van der Waals surface area (Å²) in [7, 11) is 1.43. The van der Waals surface area contributed by atoms with E-state index in [9.17, 15) is 5.11 Å². The fourth-order valence-electron chi connectivity index (χ4n) is 1.37. The largest absolute Gasteiger partial charge is 0.396 e. The molecule has 0 aromatic heterocycles. The standard InChI is InChI=1S/C7H14O5/c1-11-7-4(2-8)6(10)5(3-9)12-7/h4-10H,2-3H2,1H3/t4-,5-,6+,7+/m1/s1. The summed E-state index contributed by atoms with van der Waals surface area (Å²) in [4.78, 5) is 0. The van der Waals surface area contributed by atoms with Crippen molar-refractivity contribution in [2.75, 3.05) is 20.3 Å². The van der Waals surface area contributed by atoms with E-state index in [0.717, 1.165) is 0 Å². The fraction of sp³-hybridized carbons (Fsp3) is 1.00. The Kier molecular flexibility index (Phi) is 3.42.